The molecule has 17 heavy (non-hydrogen) atoms. The molecule has 0 radical (unpaired) electrons. The quantitative estimate of drug-likeness (QED) is 0.776. The third-order valence-corrected chi connectivity index (χ3v) is 5.44. The average molecular weight is 235 g/mol. The maximum Gasteiger partial charge on any atom is 0.00749 e. The van der Waals surface area contributed by atoms with Crippen LogP contribution in [-0.2, 0) is 0 Å². The normalized spacial score (nSPS) is 41.6. The van der Waals surface area contributed by atoms with Crippen molar-refractivity contribution in [2.45, 2.75) is 83.7 Å². The Morgan fingerprint density at radius 2 is 1.71 bits per heavy atom. The highest BCUT2D eigenvalue weighted by Crippen LogP contribution is 2.44. The van der Waals surface area contributed by atoms with E-state index in [0.717, 1.165) is 23.9 Å². The number of rotatable bonds is 3. The highest BCUT2D eigenvalue weighted by Gasteiger charge is 2.37. The molecule has 0 amide bonds. The minimum Gasteiger partial charge on any atom is -0.311 e. The van der Waals surface area contributed by atoms with Crippen LogP contribution in [-0.4, -0.2) is 12.1 Å². The lowest BCUT2D eigenvalue weighted by Gasteiger charge is -2.32. The maximum absolute atomic E-state index is 3.99. The fourth-order valence-electron chi connectivity index (χ4n) is 4.29. The molecule has 0 aromatic carbocycles. The minimum atomic E-state index is 0.599. The summed E-state index contributed by atoms with van der Waals surface area (Å²) in [6.45, 7) is 4.87. The standard InChI is InChI=1S/C16H29N/c1-16(2)9-8-15(11-16)17-14-5-3-4-13(10-14)12-6-7-12/h12-15,17H,3-11H2,1-2H3. The fourth-order valence-corrected chi connectivity index (χ4v) is 4.29. The van der Waals surface area contributed by atoms with Gasteiger partial charge in [0.15, 0.2) is 0 Å². The van der Waals surface area contributed by atoms with E-state index in [0.29, 0.717) is 5.41 Å². The smallest absolute Gasteiger partial charge is 0.00749 e. The molecule has 0 bridgehead atoms. The highest BCUT2D eigenvalue weighted by atomic mass is 15.0. The predicted octanol–water partition coefficient (Wildman–Crippen LogP) is 4.12. The zero-order valence-corrected chi connectivity index (χ0v) is 11.7. The summed E-state index contributed by atoms with van der Waals surface area (Å²) in [6.07, 6.45) is 13.2. The number of hydrogen-bond donors (Lipinski definition) is 1. The molecule has 98 valence electrons. The van der Waals surface area contributed by atoms with Gasteiger partial charge in [-0.15, -0.1) is 0 Å². The summed E-state index contributed by atoms with van der Waals surface area (Å²) in [4.78, 5) is 0. The Balaban J connectivity index is 1.48. The second kappa shape index (κ2) is 4.57. The van der Waals surface area contributed by atoms with E-state index in [1.54, 1.807) is 0 Å². The van der Waals surface area contributed by atoms with Crippen molar-refractivity contribution >= 4 is 0 Å². The van der Waals surface area contributed by atoms with Gasteiger partial charge in [0, 0.05) is 12.1 Å². The van der Waals surface area contributed by atoms with Gasteiger partial charge in [0.05, 0.1) is 0 Å². The molecular formula is C16H29N. The summed E-state index contributed by atoms with van der Waals surface area (Å²) in [6, 6.07) is 1.68. The molecule has 3 aliphatic rings. The summed E-state index contributed by atoms with van der Waals surface area (Å²) in [5, 5.41) is 3.99. The van der Waals surface area contributed by atoms with Gasteiger partial charge < -0.3 is 5.32 Å². The van der Waals surface area contributed by atoms with E-state index in [1.807, 2.05) is 0 Å². The molecule has 3 atom stereocenters. The molecule has 0 heterocycles. The second-order valence-electron chi connectivity index (χ2n) is 7.73. The third-order valence-electron chi connectivity index (χ3n) is 5.44. The monoisotopic (exact) mass is 235 g/mol. The van der Waals surface area contributed by atoms with Gasteiger partial charge >= 0.3 is 0 Å². The SMILES string of the molecule is CC1(C)CCC(NC2CCCC(C3CC3)C2)C1. The van der Waals surface area contributed by atoms with Crippen LogP contribution >= 0.6 is 0 Å². The topological polar surface area (TPSA) is 12.0 Å². The molecule has 1 N–H and O–H groups in total. The van der Waals surface area contributed by atoms with Crippen LogP contribution in [0.25, 0.3) is 0 Å². The van der Waals surface area contributed by atoms with E-state index in [-0.39, 0.29) is 0 Å². The van der Waals surface area contributed by atoms with Gasteiger partial charge in [0.1, 0.15) is 0 Å². The first-order valence-electron chi connectivity index (χ1n) is 7.88. The molecule has 0 aliphatic heterocycles. The van der Waals surface area contributed by atoms with Crippen LogP contribution in [0.2, 0.25) is 0 Å². The van der Waals surface area contributed by atoms with E-state index < -0.39 is 0 Å². The molecular weight excluding hydrogens is 206 g/mol. The van der Waals surface area contributed by atoms with Crippen LogP contribution in [0.1, 0.15) is 71.6 Å². The van der Waals surface area contributed by atoms with Crippen molar-refractivity contribution in [1.82, 2.24) is 5.32 Å². The second-order valence-corrected chi connectivity index (χ2v) is 7.73. The number of nitrogens with one attached hydrogen (secondary N) is 1. The van der Waals surface area contributed by atoms with Crippen molar-refractivity contribution in [3.8, 4) is 0 Å². The molecule has 3 aliphatic carbocycles. The van der Waals surface area contributed by atoms with Gasteiger partial charge in [0.2, 0.25) is 0 Å². The van der Waals surface area contributed by atoms with Crippen molar-refractivity contribution in [3.63, 3.8) is 0 Å². The van der Waals surface area contributed by atoms with Crippen molar-refractivity contribution in [3.05, 3.63) is 0 Å². The van der Waals surface area contributed by atoms with Crippen LogP contribution in [0.5, 0.6) is 0 Å². The first kappa shape index (κ1) is 12.0. The third kappa shape index (κ3) is 3.05. The fraction of sp³-hybridized carbons (Fsp3) is 1.00. The summed E-state index contributed by atoms with van der Waals surface area (Å²) in [5.41, 5.74) is 0.599. The summed E-state index contributed by atoms with van der Waals surface area (Å²) in [5.74, 6) is 2.20. The average Bonchev–Trinajstić information content (AvgIpc) is 3.06. The molecule has 0 aromatic rings. The van der Waals surface area contributed by atoms with E-state index in [4.69, 9.17) is 0 Å². The Hall–Kier alpha value is -0.0400. The molecule has 0 spiro atoms. The van der Waals surface area contributed by atoms with Crippen LogP contribution in [0.15, 0.2) is 0 Å². The van der Waals surface area contributed by atoms with Gasteiger partial charge in [-0.25, -0.2) is 0 Å². The lowest BCUT2D eigenvalue weighted by molar-refractivity contribution is 0.241. The lowest BCUT2D eigenvalue weighted by atomic mass is 9.82. The highest BCUT2D eigenvalue weighted by molar-refractivity contribution is 4.92. The van der Waals surface area contributed by atoms with Crippen LogP contribution in [0.4, 0.5) is 0 Å². The molecule has 3 fully saturated rings. The van der Waals surface area contributed by atoms with E-state index >= 15 is 0 Å². The molecule has 3 unspecified atom stereocenters. The van der Waals surface area contributed by atoms with Crippen molar-refractivity contribution in [1.29, 1.82) is 0 Å². The van der Waals surface area contributed by atoms with Crippen LogP contribution in [0, 0.1) is 17.3 Å². The lowest BCUT2D eigenvalue weighted by Crippen LogP contribution is -2.40. The van der Waals surface area contributed by atoms with Crippen molar-refractivity contribution < 1.29 is 0 Å². The van der Waals surface area contributed by atoms with Gasteiger partial charge in [0.25, 0.3) is 0 Å². The summed E-state index contributed by atoms with van der Waals surface area (Å²) < 4.78 is 0. The first-order valence-corrected chi connectivity index (χ1v) is 7.88. The van der Waals surface area contributed by atoms with Crippen LogP contribution < -0.4 is 5.32 Å². The van der Waals surface area contributed by atoms with Gasteiger partial charge in [-0.2, -0.15) is 0 Å². The molecule has 3 saturated carbocycles. The summed E-state index contributed by atoms with van der Waals surface area (Å²) in [7, 11) is 0. The maximum atomic E-state index is 3.99. The molecule has 0 saturated heterocycles. The van der Waals surface area contributed by atoms with Gasteiger partial charge in [-0.1, -0.05) is 26.7 Å². The van der Waals surface area contributed by atoms with E-state index in [1.165, 1.54) is 57.8 Å². The largest absolute Gasteiger partial charge is 0.311 e. The molecule has 1 nitrogen and oxygen atoms in total. The Labute approximate surface area is 107 Å². The van der Waals surface area contributed by atoms with Crippen molar-refractivity contribution in [2.24, 2.45) is 17.3 Å². The van der Waals surface area contributed by atoms with Crippen molar-refractivity contribution in [2.75, 3.05) is 0 Å². The Bertz CT molecular complexity index is 267. The van der Waals surface area contributed by atoms with Gasteiger partial charge in [-0.05, 0) is 62.2 Å². The summed E-state index contributed by atoms with van der Waals surface area (Å²) >= 11 is 0. The minimum absolute atomic E-state index is 0.599. The number of hydrogen-bond acceptors (Lipinski definition) is 1. The predicted molar refractivity (Wildman–Crippen MR) is 73.0 cm³/mol. The molecule has 0 aromatic heterocycles. The Morgan fingerprint density at radius 3 is 2.35 bits per heavy atom. The van der Waals surface area contributed by atoms with E-state index in [2.05, 4.69) is 19.2 Å². The zero-order chi connectivity index (χ0) is 11.9. The van der Waals surface area contributed by atoms with E-state index in [9.17, 15) is 0 Å². The Morgan fingerprint density at radius 1 is 0.882 bits per heavy atom. The Kier molecular flexibility index (Phi) is 3.23. The molecule has 3 rings (SSSR count). The van der Waals surface area contributed by atoms with Gasteiger partial charge in [-0.3, -0.25) is 0 Å². The zero-order valence-electron chi connectivity index (χ0n) is 11.7. The van der Waals surface area contributed by atoms with Crippen LogP contribution in [0.3, 0.4) is 0 Å². The first-order chi connectivity index (χ1) is 8.12. The molecule has 1 heteroatoms.